The highest BCUT2D eigenvalue weighted by atomic mass is 79.9. The largest absolute Gasteiger partial charge is 0.495 e. The van der Waals surface area contributed by atoms with Crippen LogP contribution in [-0.4, -0.2) is 27.5 Å². The van der Waals surface area contributed by atoms with Gasteiger partial charge in [0.25, 0.3) is 0 Å². The minimum atomic E-state index is -0.355. The van der Waals surface area contributed by atoms with Gasteiger partial charge in [0.2, 0.25) is 0 Å². The Hall–Kier alpha value is -13.3. The molecular weight excluding hydrogens is 1690 g/mol. The molecule has 20 rings (SSSR count). The van der Waals surface area contributed by atoms with Crippen LogP contribution in [0.3, 0.4) is 0 Å². The van der Waals surface area contributed by atoms with Gasteiger partial charge in [0, 0.05) is 98.6 Å². The number of halogens is 2. The number of hydrogen-bond donors (Lipinski definition) is 0. The maximum atomic E-state index is 6.29. The number of anilines is 9. The Labute approximate surface area is 772 Å². The Morgan fingerprint density at radius 3 is 0.875 bits per heavy atom. The van der Waals surface area contributed by atoms with Crippen molar-refractivity contribution in [2.45, 2.75) is 109 Å². The fourth-order valence-corrected chi connectivity index (χ4v) is 19.2. The van der Waals surface area contributed by atoms with Crippen molar-refractivity contribution in [1.29, 1.82) is 0 Å². The molecule has 1 saturated heterocycles. The SMILES string of the molecule is Brc1cccc(Br)c1-c1ccc2c(c1)c1ccccc1n2-c1ccccc1.C.Cc1ccc(N(c2ccc(C)cc2)c2ccc(-c3cccc(-c4ccc(N(c5ccc(C)cc5)c5ccc(C)cc5)cc4C)c3-c3ccc4c(c3)c3ccccc3n4-c3ccccc3)c(C)c2)cc1.Cc1ccc(N(c2ccc(C)cc2)c2ccc(B3OC(C)(C)C(C)(C)O3)c(C)c2)cc1. The summed E-state index contributed by atoms with van der Waals surface area (Å²) in [7, 11) is -0.355. The van der Waals surface area contributed by atoms with Crippen LogP contribution in [0.15, 0.2) is 391 Å². The van der Waals surface area contributed by atoms with Gasteiger partial charge in [0.05, 0.1) is 33.3 Å². The monoisotopic (exact) mass is 1790 g/mol. The average molecular weight is 1800 g/mol. The van der Waals surface area contributed by atoms with Crippen molar-refractivity contribution < 1.29 is 9.31 Å². The van der Waals surface area contributed by atoms with Crippen LogP contribution in [0, 0.1) is 62.3 Å². The van der Waals surface area contributed by atoms with Gasteiger partial charge in [-0.05, 0) is 333 Å². The van der Waals surface area contributed by atoms with Gasteiger partial charge in [-0.15, -0.1) is 0 Å². The molecule has 0 unspecified atom stereocenters. The van der Waals surface area contributed by atoms with Crippen LogP contribution in [-0.2, 0) is 9.31 Å². The first-order valence-corrected chi connectivity index (χ1v) is 45.3. The highest BCUT2D eigenvalue weighted by Crippen LogP contribution is 2.49. The Morgan fingerprint density at radius 2 is 0.539 bits per heavy atom. The van der Waals surface area contributed by atoms with Crippen LogP contribution in [0.2, 0.25) is 0 Å². The second kappa shape index (κ2) is 36.6. The molecule has 0 N–H and O–H groups in total. The van der Waals surface area contributed by atoms with E-state index in [1.54, 1.807) is 0 Å². The van der Waals surface area contributed by atoms with E-state index in [0.717, 1.165) is 76.8 Å². The quantitative estimate of drug-likeness (QED) is 0.0902. The van der Waals surface area contributed by atoms with Crippen molar-refractivity contribution in [3.63, 3.8) is 0 Å². The standard InChI is InChI=1S/C66H55N3.C27H32BNO2.C24H15Br2N.CH4/c1-44-19-28-52(29-20-44)67(53-30-21-45(2)22-31-53)56-36-38-58(48(5)41-56)61-16-12-17-62(59-39-37-57(42-49(59)6)68(54-32-23-46(3)24-33-54)55-34-25-47(4)26-35-55)66(61)50-27-40-65-63(43-50)60-15-10-11-18-64(60)69(65)51-13-8-7-9-14-51;1-19-8-12-22(13-9-19)29(23-14-10-20(2)11-15-23)24-16-17-25(21(3)18-24)28-30-26(4,5)27(6,7)31-28;25-20-10-6-11-21(26)24(20)16-13-14-23-19(15-16)18-9-4-5-12-22(18)27(23)17-7-2-1-3-8-17;/h7-43H,1-6H3;8-18H,1-7H3;1-15H;1H4. The number of nitrogens with zero attached hydrogens (tertiary/aromatic N) is 5. The van der Waals surface area contributed by atoms with Gasteiger partial charge >= 0.3 is 7.12 Å². The van der Waals surface area contributed by atoms with Gasteiger partial charge in [0.15, 0.2) is 0 Å². The summed E-state index contributed by atoms with van der Waals surface area (Å²) in [5.41, 5.74) is 38.3. The topological polar surface area (TPSA) is 38.0 Å². The van der Waals surface area contributed by atoms with E-state index < -0.39 is 0 Å². The van der Waals surface area contributed by atoms with E-state index in [1.165, 1.54) is 138 Å². The second-order valence-electron chi connectivity index (χ2n) is 34.8. The molecule has 0 atom stereocenters. The first kappa shape index (κ1) is 86.8. The molecule has 0 spiro atoms. The maximum absolute atomic E-state index is 6.29. The summed E-state index contributed by atoms with van der Waals surface area (Å²) < 4.78 is 19.5. The highest BCUT2D eigenvalue weighted by molar-refractivity contribution is 9.11. The Kier molecular flexibility index (Phi) is 24.8. The summed E-state index contributed by atoms with van der Waals surface area (Å²) in [6.45, 7) is 27.8. The van der Waals surface area contributed by atoms with Crippen LogP contribution < -0.4 is 20.2 Å². The molecule has 1 aliphatic heterocycles. The third-order valence-corrected chi connectivity index (χ3v) is 26.6. The fourth-order valence-electron chi connectivity index (χ4n) is 17.8. The fraction of sp³-hybridized carbons (Fsp3) is 0.136. The van der Waals surface area contributed by atoms with E-state index in [0.29, 0.717) is 0 Å². The zero-order chi connectivity index (χ0) is 87.9. The number of para-hydroxylation sites is 4. The zero-order valence-corrected chi connectivity index (χ0v) is 77.4. The van der Waals surface area contributed by atoms with Crippen LogP contribution in [0.1, 0.15) is 85.2 Å². The van der Waals surface area contributed by atoms with Gasteiger partial charge in [-0.3, -0.25) is 0 Å². The number of aromatic nitrogens is 2. The lowest BCUT2D eigenvalue weighted by Gasteiger charge is -2.32. The van der Waals surface area contributed by atoms with Gasteiger partial charge < -0.3 is 33.1 Å². The van der Waals surface area contributed by atoms with Gasteiger partial charge in [-0.25, -0.2) is 0 Å². The maximum Gasteiger partial charge on any atom is 0.495 e. The molecule has 17 aromatic carbocycles. The first-order chi connectivity index (χ1) is 61.5. The lowest BCUT2D eigenvalue weighted by molar-refractivity contribution is 0.00578. The summed E-state index contributed by atoms with van der Waals surface area (Å²) in [5, 5.41) is 4.99. The molecule has 1 aliphatic rings. The number of fused-ring (bicyclic) bond motifs is 6. The average Bonchev–Trinajstić information content (AvgIpc) is 1.61. The Bertz CT molecular complexity index is 6910. The second-order valence-corrected chi connectivity index (χ2v) is 36.5. The lowest BCUT2D eigenvalue weighted by atomic mass is 9.76. The molecular formula is C118H106BBr2N5O2. The third-order valence-electron chi connectivity index (χ3n) is 25.3. The molecule has 3 heterocycles. The Balaban J connectivity index is 0.000000160. The summed E-state index contributed by atoms with van der Waals surface area (Å²) in [5.74, 6) is 0. The molecule has 632 valence electrons. The van der Waals surface area contributed by atoms with Crippen molar-refractivity contribution in [1.82, 2.24) is 9.13 Å². The van der Waals surface area contributed by atoms with E-state index in [-0.39, 0.29) is 25.7 Å². The lowest BCUT2D eigenvalue weighted by Crippen LogP contribution is -2.41. The summed E-state index contributed by atoms with van der Waals surface area (Å²) in [6.07, 6.45) is 0. The highest BCUT2D eigenvalue weighted by Gasteiger charge is 2.52. The minimum Gasteiger partial charge on any atom is -0.399 e. The van der Waals surface area contributed by atoms with Crippen LogP contribution >= 0.6 is 31.9 Å². The van der Waals surface area contributed by atoms with E-state index in [2.05, 4.69) is 522 Å². The minimum absolute atomic E-state index is 0. The van der Waals surface area contributed by atoms with Crippen molar-refractivity contribution in [2.24, 2.45) is 0 Å². The number of benzene rings is 17. The van der Waals surface area contributed by atoms with Crippen LogP contribution in [0.5, 0.6) is 0 Å². The van der Waals surface area contributed by atoms with Crippen molar-refractivity contribution in [3.05, 3.63) is 441 Å². The predicted octanol–water partition coefficient (Wildman–Crippen LogP) is 33.6. The Morgan fingerprint density at radius 1 is 0.250 bits per heavy atom. The summed E-state index contributed by atoms with van der Waals surface area (Å²) >= 11 is 7.41. The van der Waals surface area contributed by atoms with Crippen molar-refractivity contribution >= 4 is 139 Å². The predicted molar refractivity (Wildman–Crippen MR) is 554 cm³/mol. The molecule has 0 bridgehead atoms. The van der Waals surface area contributed by atoms with E-state index >= 15 is 0 Å². The number of rotatable bonds is 16. The molecule has 2 aromatic heterocycles. The summed E-state index contributed by atoms with van der Waals surface area (Å²) in [6, 6.07) is 139. The zero-order valence-electron chi connectivity index (χ0n) is 74.3. The van der Waals surface area contributed by atoms with E-state index in [4.69, 9.17) is 9.31 Å². The molecule has 0 aliphatic carbocycles. The van der Waals surface area contributed by atoms with Crippen molar-refractivity contribution in [3.8, 4) is 55.9 Å². The van der Waals surface area contributed by atoms with Gasteiger partial charge in [-0.1, -0.05) is 273 Å². The smallest absolute Gasteiger partial charge is 0.399 e. The van der Waals surface area contributed by atoms with Crippen LogP contribution in [0.4, 0.5) is 51.2 Å². The van der Waals surface area contributed by atoms with Crippen LogP contribution in [0.25, 0.3) is 99.5 Å². The molecule has 19 aromatic rings. The van der Waals surface area contributed by atoms with E-state index in [1.807, 2.05) is 6.07 Å². The molecule has 0 saturated carbocycles. The van der Waals surface area contributed by atoms with Gasteiger partial charge in [0.1, 0.15) is 0 Å². The molecule has 0 radical (unpaired) electrons. The third kappa shape index (κ3) is 17.3. The normalized spacial score (nSPS) is 12.6. The van der Waals surface area contributed by atoms with E-state index in [9.17, 15) is 0 Å². The summed E-state index contributed by atoms with van der Waals surface area (Å²) in [4.78, 5) is 7.02. The molecule has 1 fully saturated rings. The first-order valence-electron chi connectivity index (χ1n) is 43.7. The number of aryl methyl sites for hydroxylation is 9. The van der Waals surface area contributed by atoms with Gasteiger partial charge in [-0.2, -0.15) is 0 Å². The van der Waals surface area contributed by atoms with Crippen molar-refractivity contribution in [2.75, 3.05) is 14.7 Å². The molecule has 0 amide bonds. The molecule has 7 nitrogen and oxygen atoms in total. The number of hydrogen-bond acceptors (Lipinski definition) is 5. The molecule has 128 heavy (non-hydrogen) atoms. The molecule has 10 heteroatoms.